The van der Waals surface area contributed by atoms with Gasteiger partial charge < -0.3 is 59.6 Å². The zero-order valence-corrected chi connectivity index (χ0v) is 24.9. The van der Waals surface area contributed by atoms with Crippen molar-refractivity contribution < 1.29 is 59.9 Å². The Hall–Kier alpha value is -3.57. The van der Waals surface area contributed by atoms with Crippen LogP contribution in [-0.4, -0.2) is 132 Å². The molecule has 0 saturated carbocycles. The van der Waals surface area contributed by atoms with E-state index >= 15 is 0 Å². The lowest BCUT2D eigenvalue weighted by Gasteiger charge is -2.39. The van der Waals surface area contributed by atoms with Gasteiger partial charge in [0.15, 0.2) is 0 Å². The lowest BCUT2D eigenvalue weighted by atomic mass is 9.93. The SMILES string of the molecule is CCOC(=O)Cn1c2cc(C#CC[C@H]3O[C@H](CO)[C@@H](O)[C@H](O)[C@@H]3O)ccc2c2ccc(C#C[C@H]3O[C@H](CO)[C@@H](O)[C@H](O)[C@@H]3O)cc21. The summed E-state index contributed by atoms with van der Waals surface area (Å²) < 4.78 is 18.0. The normalized spacial score (nSPS) is 31.2. The number of ether oxygens (including phenoxy) is 3. The Morgan fingerprint density at radius 1 is 0.761 bits per heavy atom. The minimum atomic E-state index is -1.55. The van der Waals surface area contributed by atoms with E-state index in [4.69, 9.17) is 14.2 Å². The predicted octanol–water partition coefficient (Wildman–Crippen LogP) is -1.86. The topological polar surface area (TPSA) is 212 Å². The molecule has 246 valence electrons. The van der Waals surface area contributed by atoms with E-state index in [1.54, 1.807) is 35.8 Å². The number of aliphatic hydroxyl groups is 8. The molecule has 0 aliphatic carbocycles. The number of benzene rings is 2. The summed E-state index contributed by atoms with van der Waals surface area (Å²) in [4.78, 5) is 12.6. The smallest absolute Gasteiger partial charge is 0.325 e. The van der Waals surface area contributed by atoms with Gasteiger partial charge in [0.1, 0.15) is 61.5 Å². The number of hydrogen-bond acceptors (Lipinski definition) is 12. The molecule has 3 heterocycles. The van der Waals surface area contributed by atoms with E-state index < -0.39 is 80.2 Å². The number of fused-ring (bicyclic) bond motifs is 3. The van der Waals surface area contributed by atoms with E-state index in [1.165, 1.54) is 0 Å². The van der Waals surface area contributed by atoms with Crippen molar-refractivity contribution in [1.29, 1.82) is 0 Å². The molecule has 0 radical (unpaired) electrons. The molecule has 2 saturated heterocycles. The minimum Gasteiger partial charge on any atom is -0.465 e. The predicted molar refractivity (Wildman–Crippen MR) is 162 cm³/mol. The van der Waals surface area contributed by atoms with Gasteiger partial charge in [0.05, 0.1) is 37.0 Å². The molecule has 10 atom stereocenters. The van der Waals surface area contributed by atoms with Crippen molar-refractivity contribution in [3.63, 3.8) is 0 Å². The molecule has 0 amide bonds. The standard InChI is InChI=1S/C33H37NO12/c1-2-44-27(37)14-34-21-12-17(4-3-5-23-28(38)32(42)30(40)25(15-35)45-23)6-9-19(21)20-10-7-18(13-22(20)34)8-11-24-29(39)33(43)31(41)26(16-36)46-24/h6-7,9-10,12-13,23-26,28-33,35-36,38-43H,2,5,14-16H2,1H3/t23-,24-,25-,26-,28-,29-,30-,31-,32-,33-/m1/s1. The first-order valence-electron chi connectivity index (χ1n) is 14.9. The van der Waals surface area contributed by atoms with Gasteiger partial charge in [-0.1, -0.05) is 35.8 Å². The van der Waals surface area contributed by atoms with Crippen molar-refractivity contribution in [3.8, 4) is 23.7 Å². The molecule has 2 aliphatic heterocycles. The summed E-state index contributed by atoms with van der Waals surface area (Å²) in [7, 11) is 0. The van der Waals surface area contributed by atoms with Gasteiger partial charge in [0, 0.05) is 28.3 Å². The van der Waals surface area contributed by atoms with Crippen molar-refractivity contribution in [2.24, 2.45) is 0 Å². The van der Waals surface area contributed by atoms with E-state index in [0.29, 0.717) is 22.2 Å². The van der Waals surface area contributed by atoms with Crippen LogP contribution in [-0.2, 0) is 25.5 Å². The molecule has 8 N–H and O–H groups in total. The van der Waals surface area contributed by atoms with Crippen LogP contribution >= 0.6 is 0 Å². The summed E-state index contributed by atoms with van der Waals surface area (Å²) in [6, 6.07) is 10.8. The molecule has 13 heteroatoms. The number of hydrogen-bond donors (Lipinski definition) is 8. The highest BCUT2D eigenvalue weighted by atomic mass is 16.6. The molecule has 46 heavy (non-hydrogen) atoms. The molecule has 5 rings (SSSR count). The molecule has 2 aliphatic rings. The number of esters is 1. The van der Waals surface area contributed by atoms with Gasteiger partial charge in [-0.3, -0.25) is 4.79 Å². The first-order chi connectivity index (χ1) is 22.1. The van der Waals surface area contributed by atoms with Crippen LogP contribution in [0.25, 0.3) is 21.8 Å². The Bertz CT molecular complexity index is 1680. The van der Waals surface area contributed by atoms with E-state index in [9.17, 15) is 45.6 Å². The third kappa shape index (κ3) is 6.76. The van der Waals surface area contributed by atoms with Gasteiger partial charge in [0.2, 0.25) is 0 Å². The van der Waals surface area contributed by atoms with Crippen LogP contribution in [0.1, 0.15) is 24.5 Å². The maximum absolute atomic E-state index is 12.6. The lowest BCUT2D eigenvalue weighted by Crippen LogP contribution is -2.58. The van der Waals surface area contributed by atoms with Gasteiger partial charge in [-0.05, 0) is 31.2 Å². The second-order valence-corrected chi connectivity index (χ2v) is 11.2. The molecular formula is C33H37NO12. The summed E-state index contributed by atoms with van der Waals surface area (Å²) in [6.45, 7) is 0.695. The second-order valence-electron chi connectivity index (χ2n) is 11.2. The highest BCUT2D eigenvalue weighted by Crippen LogP contribution is 2.31. The van der Waals surface area contributed by atoms with Gasteiger partial charge in [-0.2, -0.15) is 0 Å². The summed E-state index contributed by atoms with van der Waals surface area (Å²) in [5, 5.41) is 81.3. The maximum atomic E-state index is 12.6. The van der Waals surface area contributed by atoms with E-state index in [-0.39, 0.29) is 19.6 Å². The molecule has 0 spiro atoms. The molecule has 3 aromatic rings. The van der Waals surface area contributed by atoms with Crippen LogP contribution in [0.2, 0.25) is 0 Å². The van der Waals surface area contributed by atoms with E-state index in [1.807, 2.05) is 12.1 Å². The molecule has 1 aromatic heterocycles. The second kappa shape index (κ2) is 14.5. The van der Waals surface area contributed by atoms with Gasteiger partial charge >= 0.3 is 5.97 Å². The van der Waals surface area contributed by atoms with Crippen molar-refractivity contribution in [1.82, 2.24) is 4.57 Å². The van der Waals surface area contributed by atoms with Crippen molar-refractivity contribution >= 4 is 27.8 Å². The van der Waals surface area contributed by atoms with Crippen LogP contribution in [0.15, 0.2) is 36.4 Å². The van der Waals surface area contributed by atoms with E-state index in [0.717, 1.165) is 10.8 Å². The van der Waals surface area contributed by atoms with Crippen LogP contribution in [0, 0.1) is 23.7 Å². The summed E-state index contributed by atoms with van der Waals surface area (Å²) >= 11 is 0. The van der Waals surface area contributed by atoms with Crippen LogP contribution in [0.5, 0.6) is 0 Å². The number of aromatic nitrogens is 1. The Labute approximate surface area is 264 Å². The monoisotopic (exact) mass is 639 g/mol. The molecule has 0 bridgehead atoms. The first kappa shape index (κ1) is 33.8. The number of carbonyl (C=O) groups excluding carboxylic acids is 1. The van der Waals surface area contributed by atoms with Crippen molar-refractivity contribution in [3.05, 3.63) is 47.5 Å². The molecule has 13 nitrogen and oxygen atoms in total. The molecule has 2 fully saturated rings. The molecular weight excluding hydrogens is 602 g/mol. The third-order valence-corrected chi connectivity index (χ3v) is 8.24. The van der Waals surface area contributed by atoms with Crippen molar-refractivity contribution in [2.75, 3.05) is 19.8 Å². The molecule has 0 unspecified atom stereocenters. The summed E-state index contributed by atoms with van der Waals surface area (Å²) in [5.74, 6) is 11.1. The first-order valence-corrected chi connectivity index (χ1v) is 14.9. The van der Waals surface area contributed by atoms with Crippen molar-refractivity contribution in [2.45, 2.75) is 80.9 Å². The fourth-order valence-corrected chi connectivity index (χ4v) is 5.73. The summed E-state index contributed by atoms with van der Waals surface area (Å²) in [6.07, 6.45) is -13.0. The number of nitrogens with zero attached hydrogens (tertiary/aromatic N) is 1. The van der Waals surface area contributed by atoms with Gasteiger partial charge in [0.25, 0.3) is 0 Å². The van der Waals surface area contributed by atoms with E-state index in [2.05, 4.69) is 23.7 Å². The van der Waals surface area contributed by atoms with Crippen LogP contribution in [0.3, 0.4) is 0 Å². The minimum absolute atomic E-state index is 0.0156. The Morgan fingerprint density at radius 2 is 1.30 bits per heavy atom. The Kier molecular flexibility index (Phi) is 10.6. The maximum Gasteiger partial charge on any atom is 0.325 e. The Morgan fingerprint density at radius 3 is 1.89 bits per heavy atom. The fraction of sp³-hybridized carbons (Fsp3) is 0.485. The zero-order chi connectivity index (χ0) is 33.1. The lowest BCUT2D eigenvalue weighted by molar-refractivity contribution is -0.227. The molecule has 2 aromatic carbocycles. The van der Waals surface area contributed by atoms with Gasteiger partial charge in [-0.15, -0.1) is 0 Å². The van der Waals surface area contributed by atoms with Gasteiger partial charge in [-0.25, -0.2) is 0 Å². The average molecular weight is 640 g/mol. The highest BCUT2D eigenvalue weighted by molar-refractivity contribution is 6.09. The van der Waals surface area contributed by atoms with Crippen LogP contribution < -0.4 is 0 Å². The third-order valence-electron chi connectivity index (χ3n) is 8.24. The fourth-order valence-electron chi connectivity index (χ4n) is 5.73. The Balaban J connectivity index is 1.46. The van der Waals surface area contributed by atoms with Crippen LogP contribution in [0.4, 0.5) is 0 Å². The quantitative estimate of drug-likeness (QED) is 0.110. The number of carbonyl (C=O) groups is 1. The number of aliphatic hydroxyl groups excluding tert-OH is 8. The largest absolute Gasteiger partial charge is 0.465 e. The summed E-state index contributed by atoms with van der Waals surface area (Å²) in [5.41, 5.74) is 2.45. The average Bonchev–Trinajstić information content (AvgIpc) is 3.35. The zero-order valence-electron chi connectivity index (χ0n) is 24.9. The highest BCUT2D eigenvalue weighted by Gasteiger charge is 2.43. The number of rotatable bonds is 6.